The molecular formula is C21H24O3S2. The Morgan fingerprint density at radius 1 is 1.27 bits per heavy atom. The van der Waals surface area contributed by atoms with Crippen molar-refractivity contribution >= 4 is 21.5 Å². The first-order chi connectivity index (χ1) is 12.5. The highest BCUT2D eigenvalue weighted by Crippen LogP contribution is 2.25. The van der Waals surface area contributed by atoms with E-state index in [4.69, 9.17) is 4.18 Å². The summed E-state index contributed by atoms with van der Waals surface area (Å²) in [5.74, 6) is 0.0499. The van der Waals surface area contributed by atoms with E-state index in [-0.39, 0.29) is 17.4 Å². The Hall–Kier alpha value is -1.69. The molecule has 1 unspecified atom stereocenters. The molecule has 1 aromatic heterocycles. The van der Waals surface area contributed by atoms with Gasteiger partial charge in [-0.05, 0) is 60.9 Å². The number of allylic oxidation sites excluding steroid dienone is 4. The molecule has 0 radical (unpaired) electrons. The Balaban J connectivity index is 1.73. The lowest BCUT2D eigenvalue weighted by molar-refractivity contribution is 0.299. The lowest BCUT2D eigenvalue weighted by Crippen LogP contribution is -2.12. The molecule has 0 bridgehead atoms. The lowest BCUT2D eigenvalue weighted by atomic mass is 9.95. The van der Waals surface area contributed by atoms with Crippen LogP contribution in [-0.4, -0.2) is 15.0 Å². The van der Waals surface area contributed by atoms with Crippen LogP contribution in [0.1, 0.15) is 41.7 Å². The van der Waals surface area contributed by atoms with Crippen molar-refractivity contribution in [2.45, 2.75) is 43.9 Å². The van der Waals surface area contributed by atoms with Gasteiger partial charge in [0.15, 0.2) is 0 Å². The molecule has 1 aromatic carbocycles. The lowest BCUT2D eigenvalue weighted by Gasteiger charge is -2.14. The molecule has 2 aromatic rings. The summed E-state index contributed by atoms with van der Waals surface area (Å²) in [4.78, 5) is 1.37. The Kier molecular flexibility index (Phi) is 6.12. The highest BCUT2D eigenvalue weighted by atomic mass is 32.2. The van der Waals surface area contributed by atoms with Gasteiger partial charge in [-0.1, -0.05) is 42.9 Å². The Bertz CT molecular complexity index is 907. The Morgan fingerprint density at radius 2 is 2.12 bits per heavy atom. The number of benzene rings is 1. The van der Waals surface area contributed by atoms with Gasteiger partial charge < -0.3 is 0 Å². The highest BCUT2D eigenvalue weighted by Gasteiger charge is 2.19. The number of hydrogen-bond acceptors (Lipinski definition) is 4. The van der Waals surface area contributed by atoms with Crippen LogP contribution in [0.3, 0.4) is 0 Å². The van der Waals surface area contributed by atoms with Crippen LogP contribution >= 0.6 is 11.3 Å². The van der Waals surface area contributed by atoms with E-state index in [0.717, 1.165) is 35.3 Å². The summed E-state index contributed by atoms with van der Waals surface area (Å²) < 4.78 is 30.6. The normalized spacial score (nSPS) is 15.7. The molecule has 1 heterocycles. The van der Waals surface area contributed by atoms with Crippen LogP contribution in [0.4, 0.5) is 0 Å². The first-order valence-corrected chi connectivity index (χ1v) is 11.1. The average Bonchev–Trinajstić information content (AvgIpc) is 3.17. The van der Waals surface area contributed by atoms with Gasteiger partial charge in [-0.15, -0.1) is 11.3 Å². The van der Waals surface area contributed by atoms with Gasteiger partial charge in [-0.25, -0.2) is 0 Å². The first kappa shape index (κ1) is 19.1. The Morgan fingerprint density at radius 3 is 2.81 bits per heavy atom. The van der Waals surface area contributed by atoms with E-state index in [1.54, 1.807) is 23.5 Å². The maximum Gasteiger partial charge on any atom is 0.297 e. The SMILES string of the molecule is Cc1ccc(S(=O)(=O)OCC(C)c2cccs2)cc1CC1=CC=CCC1. The Labute approximate surface area is 160 Å². The fourth-order valence-electron chi connectivity index (χ4n) is 2.95. The van der Waals surface area contributed by atoms with Gasteiger partial charge in [0.05, 0.1) is 11.5 Å². The van der Waals surface area contributed by atoms with Crippen LogP contribution in [0.5, 0.6) is 0 Å². The van der Waals surface area contributed by atoms with Crippen LogP contribution in [-0.2, 0) is 20.7 Å². The molecule has 0 amide bonds. The second-order valence-electron chi connectivity index (χ2n) is 6.71. The van der Waals surface area contributed by atoms with Crippen molar-refractivity contribution in [1.29, 1.82) is 0 Å². The third-order valence-electron chi connectivity index (χ3n) is 4.63. The molecule has 0 aliphatic heterocycles. The standard InChI is InChI=1S/C21H24O3S2/c1-16-10-11-20(14-19(16)13-18-7-4-3-5-8-18)26(22,23)24-15-17(2)21-9-6-12-25-21/h3-4,6-7,9-12,14,17H,5,8,13,15H2,1-2H3. The molecule has 5 heteroatoms. The molecule has 3 rings (SSSR count). The van der Waals surface area contributed by atoms with Gasteiger partial charge in [0.2, 0.25) is 0 Å². The molecule has 0 fully saturated rings. The largest absolute Gasteiger partial charge is 0.297 e. The number of aryl methyl sites for hydroxylation is 1. The van der Waals surface area contributed by atoms with Crippen molar-refractivity contribution in [3.8, 4) is 0 Å². The van der Waals surface area contributed by atoms with Crippen LogP contribution in [0.15, 0.2) is 64.4 Å². The van der Waals surface area contributed by atoms with Gasteiger partial charge in [-0.2, -0.15) is 8.42 Å². The molecule has 26 heavy (non-hydrogen) atoms. The second-order valence-corrected chi connectivity index (χ2v) is 9.31. The molecule has 0 N–H and O–H groups in total. The minimum Gasteiger partial charge on any atom is -0.266 e. The van der Waals surface area contributed by atoms with E-state index >= 15 is 0 Å². The molecule has 0 spiro atoms. The van der Waals surface area contributed by atoms with Crippen molar-refractivity contribution in [3.05, 3.63) is 75.5 Å². The monoisotopic (exact) mass is 388 g/mol. The smallest absolute Gasteiger partial charge is 0.266 e. The van der Waals surface area contributed by atoms with Crippen molar-refractivity contribution < 1.29 is 12.6 Å². The van der Waals surface area contributed by atoms with E-state index in [1.165, 1.54) is 5.57 Å². The van der Waals surface area contributed by atoms with Gasteiger partial charge in [-0.3, -0.25) is 4.18 Å². The minimum absolute atomic E-state index is 0.0499. The number of thiophene rings is 1. The van der Waals surface area contributed by atoms with Crippen molar-refractivity contribution in [1.82, 2.24) is 0 Å². The van der Waals surface area contributed by atoms with Crippen molar-refractivity contribution in [3.63, 3.8) is 0 Å². The van der Waals surface area contributed by atoms with Crippen molar-refractivity contribution in [2.75, 3.05) is 6.61 Å². The second kappa shape index (κ2) is 8.33. The molecule has 0 saturated carbocycles. The molecule has 1 atom stereocenters. The van der Waals surface area contributed by atoms with Crippen LogP contribution < -0.4 is 0 Å². The summed E-state index contributed by atoms with van der Waals surface area (Å²) in [6.45, 7) is 4.15. The fraction of sp³-hybridized carbons (Fsp3) is 0.333. The zero-order valence-electron chi connectivity index (χ0n) is 15.1. The summed E-state index contributed by atoms with van der Waals surface area (Å²) in [5, 5.41) is 1.99. The average molecular weight is 389 g/mol. The summed E-state index contributed by atoms with van der Waals surface area (Å²) in [6, 6.07) is 9.24. The predicted octanol–water partition coefficient (Wildman–Crippen LogP) is 5.38. The first-order valence-electron chi connectivity index (χ1n) is 8.82. The van der Waals surface area contributed by atoms with Crippen LogP contribution in [0.2, 0.25) is 0 Å². The maximum atomic E-state index is 12.6. The fourth-order valence-corrected chi connectivity index (χ4v) is 4.76. The van der Waals surface area contributed by atoms with E-state index in [9.17, 15) is 8.42 Å². The number of hydrogen-bond donors (Lipinski definition) is 0. The quantitative estimate of drug-likeness (QED) is 0.598. The summed E-state index contributed by atoms with van der Waals surface area (Å²) >= 11 is 1.61. The molecular weight excluding hydrogens is 364 g/mol. The topological polar surface area (TPSA) is 43.4 Å². The highest BCUT2D eigenvalue weighted by molar-refractivity contribution is 7.86. The molecule has 1 aliphatic rings. The molecule has 1 aliphatic carbocycles. The summed E-state index contributed by atoms with van der Waals surface area (Å²) in [6.07, 6.45) is 9.21. The zero-order valence-corrected chi connectivity index (χ0v) is 16.8. The maximum absolute atomic E-state index is 12.6. The molecule has 138 valence electrons. The van der Waals surface area contributed by atoms with E-state index < -0.39 is 10.1 Å². The van der Waals surface area contributed by atoms with Gasteiger partial charge in [0, 0.05) is 10.8 Å². The van der Waals surface area contributed by atoms with E-state index in [0.29, 0.717) is 0 Å². The summed E-state index contributed by atoms with van der Waals surface area (Å²) in [5.41, 5.74) is 3.48. The van der Waals surface area contributed by atoms with Gasteiger partial charge >= 0.3 is 0 Å². The third kappa shape index (κ3) is 4.72. The number of rotatable bonds is 7. The summed E-state index contributed by atoms with van der Waals surface area (Å²) in [7, 11) is -3.76. The van der Waals surface area contributed by atoms with Crippen LogP contribution in [0.25, 0.3) is 0 Å². The molecule has 3 nitrogen and oxygen atoms in total. The van der Waals surface area contributed by atoms with Gasteiger partial charge in [0.25, 0.3) is 10.1 Å². The van der Waals surface area contributed by atoms with Crippen LogP contribution in [0, 0.1) is 6.92 Å². The third-order valence-corrected chi connectivity index (χ3v) is 7.01. The van der Waals surface area contributed by atoms with Crippen molar-refractivity contribution in [2.24, 2.45) is 0 Å². The van der Waals surface area contributed by atoms with E-state index in [2.05, 4.69) is 18.2 Å². The van der Waals surface area contributed by atoms with E-state index in [1.807, 2.05) is 37.4 Å². The minimum atomic E-state index is -3.76. The molecule has 0 saturated heterocycles. The zero-order chi connectivity index (χ0) is 18.6. The predicted molar refractivity (Wildman–Crippen MR) is 107 cm³/mol. The van der Waals surface area contributed by atoms with Gasteiger partial charge in [0.1, 0.15) is 0 Å².